The minimum Gasteiger partial charge on any atom is -0.496 e. The number of rotatable bonds is 4. The molecule has 0 fully saturated rings. The number of halogens is 1. The van der Waals surface area contributed by atoms with Gasteiger partial charge in [-0.2, -0.15) is 0 Å². The molecule has 1 aromatic heterocycles. The third kappa shape index (κ3) is 2.68. The van der Waals surface area contributed by atoms with Crippen LogP contribution in [0.4, 0.5) is 0 Å². The molecule has 0 aliphatic carbocycles. The van der Waals surface area contributed by atoms with Gasteiger partial charge in [-0.1, -0.05) is 6.07 Å². The van der Waals surface area contributed by atoms with Crippen LogP contribution in [0.5, 0.6) is 5.75 Å². The van der Waals surface area contributed by atoms with Crippen LogP contribution in [-0.4, -0.2) is 16.7 Å². The maximum atomic E-state index is 5.61. The van der Waals surface area contributed by atoms with Gasteiger partial charge >= 0.3 is 0 Å². The Hall–Kier alpha value is -1.33. The smallest absolute Gasteiger partial charge is 0.133 e. The zero-order valence-corrected chi connectivity index (χ0v) is 11.1. The first-order valence-corrected chi connectivity index (χ1v) is 6.06. The van der Waals surface area contributed by atoms with Crippen LogP contribution in [0.1, 0.15) is 11.4 Å². The fourth-order valence-corrected chi connectivity index (χ4v) is 2.27. The van der Waals surface area contributed by atoms with E-state index in [9.17, 15) is 0 Å². The lowest BCUT2D eigenvalue weighted by Gasteiger charge is -2.09. The van der Waals surface area contributed by atoms with Gasteiger partial charge in [0.15, 0.2) is 0 Å². The molecule has 1 aromatic carbocycles. The average molecular weight is 296 g/mol. The molecule has 0 saturated heterocycles. The summed E-state index contributed by atoms with van der Waals surface area (Å²) < 4.78 is 8.18. The maximum Gasteiger partial charge on any atom is 0.133 e. The second-order valence-electron chi connectivity index (χ2n) is 3.64. The highest BCUT2D eigenvalue weighted by Gasteiger charge is 2.04. The minimum absolute atomic E-state index is 0.449. The van der Waals surface area contributed by atoms with E-state index in [-0.39, 0.29) is 0 Å². The molecule has 0 radical (unpaired) electrons. The quantitative estimate of drug-likeness (QED) is 0.940. The first-order chi connectivity index (χ1) is 8.24. The van der Waals surface area contributed by atoms with Crippen molar-refractivity contribution < 1.29 is 4.74 Å². The van der Waals surface area contributed by atoms with Crippen molar-refractivity contribution in [3.05, 3.63) is 46.5 Å². The van der Waals surface area contributed by atoms with E-state index in [0.29, 0.717) is 6.54 Å². The van der Waals surface area contributed by atoms with Crippen LogP contribution in [0.25, 0.3) is 0 Å². The van der Waals surface area contributed by atoms with Gasteiger partial charge in [0.1, 0.15) is 11.6 Å². The Morgan fingerprint density at radius 2 is 2.29 bits per heavy atom. The summed E-state index contributed by atoms with van der Waals surface area (Å²) in [5, 5.41) is 0. The minimum atomic E-state index is 0.449. The summed E-state index contributed by atoms with van der Waals surface area (Å²) in [5.41, 5.74) is 6.78. The van der Waals surface area contributed by atoms with Gasteiger partial charge in [0.2, 0.25) is 0 Å². The molecule has 4 nitrogen and oxygen atoms in total. The summed E-state index contributed by atoms with van der Waals surface area (Å²) in [6.07, 6.45) is 3.70. The van der Waals surface area contributed by atoms with Crippen molar-refractivity contribution in [2.45, 2.75) is 13.1 Å². The lowest BCUT2D eigenvalue weighted by Crippen LogP contribution is -2.08. The van der Waals surface area contributed by atoms with Crippen molar-refractivity contribution in [1.82, 2.24) is 9.55 Å². The molecule has 0 unspecified atom stereocenters. The maximum absolute atomic E-state index is 5.61. The fraction of sp³-hybridized carbons (Fsp3) is 0.250. The van der Waals surface area contributed by atoms with E-state index in [0.717, 1.165) is 22.6 Å². The average Bonchev–Trinajstić information content (AvgIpc) is 2.76. The number of nitrogens with zero attached hydrogens (tertiary/aromatic N) is 2. The molecular formula is C12H14BrN3O. The Kier molecular flexibility index (Phi) is 3.81. The molecular weight excluding hydrogens is 282 g/mol. The SMILES string of the molecule is COc1ccc(Cn2ccnc2CN)cc1Br. The first-order valence-electron chi connectivity index (χ1n) is 5.27. The number of nitrogens with two attached hydrogens (primary N) is 1. The van der Waals surface area contributed by atoms with Crippen molar-refractivity contribution in [3.63, 3.8) is 0 Å². The summed E-state index contributed by atoms with van der Waals surface area (Å²) in [6.45, 7) is 1.21. The Labute approximate surface area is 109 Å². The second-order valence-corrected chi connectivity index (χ2v) is 4.50. The van der Waals surface area contributed by atoms with Crippen LogP contribution in [-0.2, 0) is 13.1 Å². The van der Waals surface area contributed by atoms with Crippen LogP contribution in [0.15, 0.2) is 35.1 Å². The van der Waals surface area contributed by atoms with E-state index in [4.69, 9.17) is 10.5 Å². The highest BCUT2D eigenvalue weighted by molar-refractivity contribution is 9.10. The molecule has 90 valence electrons. The first kappa shape index (κ1) is 12.1. The van der Waals surface area contributed by atoms with Gasteiger partial charge in [0, 0.05) is 18.9 Å². The van der Waals surface area contributed by atoms with Gasteiger partial charge in [-0.15, -0.1) is 0 Å². The number of hydrogen-bond donors (Lipinski definition) is 1. The Morgan fingerprint density at radius 3 is 2.94 bits per heavy atom. The zero-order valence-electron chi connectivity index (χ0n) is 9.56. The molecule has 1 heterocycles. The number of benzene rings is 1. The third-order valence-corrected chi connectivity index (χ3v) is 3.17. The van der Waals surface area contributed by atoms with E-state index >= 15 is 0 Å². The highest BCUT2D eigenvalue weighted by Crippen LogP contribution is 2.25. The van der Waals surface area contributed by atoms with Crippen molar-refractivity contribution >= 4 is 15.9 Å². The molecule has 0 amide bonds. The predicted molar refractivity (Wildman–Crippen MR) is 69.9 cm³/mol. The van der Waals surface area contributed by atoms with Gasteiger partial charge in [-0.05, 0) is 33.6 Å². The highest BCUT2D eigenvalue weighted by atomic mass is 79.9. The monoisotopic (exact) mass is 295 g/mol. The van der Waals surface area contributed by atoms with Crippen LogP contribution < -0.4 is 10.5 Å². The number of methoxy groups -OCH3 is 1. The van der Waals surface area contributed by atoms with E-state index in [1.807, 2.05) is 29.0 Å². The van der Waals surface area contributed by atoms with Crippen LogP contribution in [0, 0.1) is 0 Å². The lowest BCUT2D eigenvalue weighted by atomic mass is 10.2. The van der Waals surface area contributed by atoms with Gasteiger partial charge in [0.05, 0.1) is 18.1 Å². The van der Waals surface area contributed by atoms with Gasteiger partial charge in [-0.25, -0.2) is 4.98 Å². The molecule has 17 heavy (non-hydrogen) atoms. The number of hydrogen-bond acceptors (Lipinski definition) is 3. The fourth-order valence-electron chi connectivity index (χ4n) is 1.68. The predicted octanol–water partition coefficient (Wildman–Crippen LogP) is 2.16. The van der Waals surface area contributed by atoms with Crippen LogP contribution >= 0.6 is 15.9 Å². The Balaban J connectivity index is 2.22. The summed E-state index contributed by atoms with van der Waals surface area (Å²) in [5.74, 6) is 1.72. The van der Waals surface area contributed by atoms with E-state index in [1.165, 1.54) is 5.56 Å². The summed E-state index contributed by atoms with van der Waals surface area (Å²) in [6, 6.07) is 6.02. The van der Waals surface area contributed by atoms with Crippen LogP contribution in [0.2, 0.25) is 0 Å². The Bertz CT molecular complexity index is 510. The van der Waals surface area contributed by atoms with E-state index in [2.05, 4.69) is 20.9 Å². The third-order valence-electron chi connectivity index (χ3n) is 2.55. The summed E-state index contributed by atoms with van der Waals surface area (Å²) in [4.78, 5) is 4.19. The van der Waals surface area contributed by atoms with Crippen molar-refractivity contribution in [3.8, 4) is 5.75 Å². The molecule has 2 rings (SSSR count). The van der Waals surface area contributed by atoms with Crippen molar-refractivity contribution in [1.29, 1.82) is 0 Å². The van der Waals surface area contributed by atoms with E-state index < -0.39 is 0 Å². The van der Waals surface area contributed by atoms with Crippen molar-refractivity contribution in [2.75, 3.05) is 7.11 Å². The molecule has 0 aliphatic rings. The second kappa shape index (κ2) is 5.33. The molecule has 0 atom stereocenters. The van der Waals surface area contributed by atoms with Gasteiger partial charge in [0.25, 0.3) is 0 Å². The van der Waals surface area contributed by atoms with E-state index in [1.54, 1.807) is 13.3 Å². The normalized spacial score (nSPS) is 10.5. The number of ether oxygens (including phenoxy) is 1. The number of aromatic nitrogens is 2. The molecule has 5 heteroatoms. The van der Waals surface area contributed by atoms with Crippen molar-refractivity contribution in [2.24, 2.45) is 5.73 Å². The molecule has 0 aliphatic heterocycles. The number of imidazole rings is 1. The molecule has 2 N–H and O–H groups in total. The molecule has 0 saturated carbocycles. The summed E-state index contributed by atoms with van der Waals surface area (Å²) >= 11 is 3.47. The molecule has 0 bridgehead atoms. The summed E-state index contributed by atoms with van der Waals surface area (Å²) in [7, 11) is 1.65. The molecule has 0 spiro atoms. The van der Waals surface area contributed by atoms with Gasteiger partial charge < -0.3 is 15.0 Å². The standard InChI is InChI=1S/C12H14BrN3O/c1-17-11-3-2-9(6-10(11)13)8-16-5-4-15-12(16)7-14/h2-6H,7-8,14H2,1H3. The Morgan fingerprint density at radius 1 is 1.47 bits per heavy atom. The van der Waals surface area contributed by atoms with Gasteiger partial charge in [-0.3, -0.25) is 0 Å². The lowest BCUT2D eigenvalue weighted by molar-refractivity contribution is 0.412. The topological polar surface area (TPSA) is 53.1 Å². The largest absolute Gasteiger partial charge is 0.496 e. The zero-order chi connectivity index (χ0) is 12.3. The molecule has 2 aromatic rings. The van der Waals surface area contributed by atoms with Crippen LogP contribution in [0.3, 0.4) is 0 Å².